The summed E-state index contributed by atoms with van der Waals surface area (Å²) in [5, 5.41) is 0.990. The number of rotatable bonds is 1. The van der Waals surface area contributed by atoms with Gasteiger partial charge in [-0.05, 0) is 43.0 Å². The Kier molecular flexibility index (Phi) is 3.77. The first kappa shape index (κ1) is 16.3. The Hall–Kier alpha value is -3.13. The number of nitrogens with zero attached hydrogens (tertiary/aromatic N) is 1. The van der Waals surface area contributed by atoms with Crippen molar-refractivity contribution < 1.29 is 13.6 Å². The molecule has 0 bridgehead atoms. The van der Waals surface area contributed by atoms with Crippen LogP contribution < -0.4 is 0 Å². The maximum Gasteiger partial charge on any atom is 0.299 e. The highest BCUT2D eigenvalue weighted by atomic mass is 19.1. The number of carbonyl (C=O) groups is 1. The predicted octanol–water partition coefficient (Wildman–Crippen LogP) is 3.94. The van der Waals surface area contributed by atoms with E-state index in [2.05, 4.69) is 10.9 Å². The summed E-state index contributed by atoms with van der Waals surface area (Å²) < 4.78 is 29.2. The second-order valence-electron chi connectivity index (χ2n) is 6.51. The largest absolute Gasteiger partial charge is 0.356 e. The van der Waals surface area contributed by atoms with E-state index in [1.807, 2.05) is 31.2 Å². The van der Waals surface area contributed by atoms with Gasteiger partial charge in [-0.1, -0.05) is 24.3 Å². The molecule has 1 aromatic heterocycles. The van der Waals surface area contributed by atoms with Gasteiger partial charge in [0.1, 0.15) is 17.7 Å². The van der Waals surface area contributed by atoms with Crippen LogP contribution in [0.15, 0.2) is 42.5 Å². The summed E-state index contributed by atoms with van der Waals surface area (Å²) in [6, 6.07) is 10.1. The van der Waals surface area contributed by atoms with Crippen molar-refractivity contribution in [1.82, 2.24) is 9.88 Å². The maximum atomic E-state index is 14.6. The molecule has 0 saturated carbocycles. The molecule has 0 saturated heterocycles. The van der Waals surface area contributed by atoms with Gasteiger partial charge in [-0.3, -0.25) is 4.79 Å². The number of amides is 1. The van der Waals surface area contributed by atoms with Crippen LogP contribution in [-0.2, 0) is 11.2 Å². The van der Waals surface area contributed by atoms with E-state index in [0.717, 1.165) is 16.5 Å². The molecule has 5 heteroatoms. The Morgan fingerprint density at radius 3 is 2.58 bits per heavy atom. The molecule has 3 nitrogen and oxygen atoms in total. The van der Waals surface area contributed by atoms with E-state index >= 15 is 0 Å². The summed E-state index contributed by atoms with van der Waals surface area (Å²) in [7, 11) is 0. The van der Waals surface area contributed by atoms with Gasteiger partial charge in [-0.2, -0.15) is 0 Å². The summed E-state index contributed by atoms with van der Waals surface area (Å²) in [5.41, 5.74) is 2.26. The van der Waals surface area contributed by atoms with Gasteiger partial charge in [-0.25, -0.2) is 8.78 Å². The van der Waals surface area contributed by atoms with Crippen LogP contribution in [0.5, 0.6) is 0 Å². The SMILES string of the molecule is C#CC(=O)N1[C@@H](c2c(F)cccc2F)c2[nH]c3ccccc3c2C[C@@H]1C. The van der Waals surface area contributed by atoms with Crippen molar-refractivity contribution in [1.29, 1.82) is 0 Å². The van der Waals surface area contributed by atoms with Crippen LogP contribution in [-0.4, -0.2) is 21.8 Å². The molecule has 1 amide bonds. The van der Waals surface area contributed by atoms with E-state index in [1.165, 1.54) is 23.1 Å². The number of hydrogen-bond acceptors (Lipinski definition) is 1. The van der Waals surface area contributed by atoms with Gasteiger partial charge in [0.25, 0.3) is 5.91 Å². The normalized spacial score (nSPS) is 19.2. The Morgan fingerprint density at radius 2 is 1.88 bits per heavy atom. The van der Waals surface area contributed by atoms with Crippen molar-refractivity contribution in [2.45, 2.75) is 25.4 Å². The van der Waals surface area contributed by atoms with Gasteiger partial charge in [0.2, 0.25) is 0 Å². The minimum atomic E-state index is -0.939. The number of H-pyrrole nitrogens is 1. The molecule has 0 fully saturated rings. The number of carbonyl (C=O) groups excluding carboxylic acids is 1. The van der Waals surface area contributed by atoms with Gasteiger partial charge in [0, 0.05) is 22.6 Å². The Balaban J connectivity index is 2.04. The van der Waals surface area contributed by atoms with Gasteiger partial charge in [0.15, 0.2) is 0 Å². The molecule has 3 aromatic rings. The second kappa shape index (κ2) is 5.99. The lowest BCUT2D eigenvalue weighted by molar-refractivity contribution is -0.129. The number of aromatic nitrogens is 1. The minimum absolute atomic E-state index is 0.171. The van der Waals surface area contributed by atoms with Crippen LogP contribution in [0, 0.1) is 24.0 Å². The van der Waals surface area contributed by atoms with Crippen molar-refractivity contribution in [3.05, 3.63) is 70.9 Å². The maximum absolute atomic E-state index is 14.6. The molecule has 26 heavy (non-hydrogen) atoms. The number of hydrogen-bond donors (Lipinski definition) is 1. The highest BCUT2D eigenvalue weighted by Gasteiger charge is 2.40. The topological polar surface area (TPSA) is 36.1 Å². The standard InChI is InChI=1S/C21H16F2N2O/c1-3-18(26)25-12(2)11-14-13-7-4-5-10-17(13)24-20(14)21(25)19-15(22)8-6-9-16(19)23/h1,4-10,12,21,24H,11H2,2H3/t12-,21-/m0/s1. The van der Waals surface area contributed by atoms with E-state index in [9.17, 15) is 13.6 Å². The second-order valence-corrected chi connectivity index (χ2v) is 6.51. The number of aromatic amines is 1. The van der Waals surface area contributed by atoms with E-state index < -0.39 is 23.6 Å². The zero-order valence-corrected chi connectivity index (χ0v) is 14.1. The van der Waals surface area contributed by atoms with Gasteiger partial charge in [0.05, 0.1) is 5.56 Å². The summed E-state index contributed by atoms with van der Waals surface area (Å²) in [4.78, 5) is 17.1. The minimum Gasteiger partial charge on any atom is -0.356 e. The van der Waals surface area contributed by atoms with Crippen molar-refractivity contribution in [3.63, 3.8) is 0 Å². The lowest BCUT2D eigenvalue weighted by Gasteiger charge is -2.40. The predicted molar refractivity (Wildman–Crippen MR) is 95.3 cm³/mol. The number of terminal acetylenes is 1. The monoisotopic (exact) mass is 350 g/mol. The molecular formula is C21H16F2N2O. The van der Waals surface area contributed by atoms with Crippen molar-refractivity contribution in [3.8, 4) is 12.3 Å². The summed E-state index contributed by atoms with van der Waals surface area (Å²) >= 11 is 0. The first-order valence-corrected chi connectivity index (χ1v) is 8.35. The zero-order valence-electron chi connectivity index (χ0n) is 14.1. The third-order valence-electron chi connectivity index (χ3n) is 5.00. The molecule has 2 atom stereocenters. The van der Waals surface area contributed by atoms with Gasteiger partial charge in [-0.15, -0.1) is 6.42 Å². The molecule has 0 unspecified atom stereocenters. The van der Waals surface area contributed by atoms with E-state index in [4.69, 9.17) is 6.42 Å². The van der Waals surface area contributed by atoms with E-state index in [0.29, 0.717) is 12.1 Å². The molecule has 0 radical (unpaired) electrons. The smallest absolute Gasteiger partial charge is 0.299 e. The quantitative estimate of drug-likeness (QED) is 0.663. The fourth-order valence-corrected chi connectivity index (χ4v) is 3.91. The summed E-state index contributed by atoms with van der Waals surface area (Å²) in [5.74, 6) is 0.0980. The average Bonchev–Trinajstić information content (AvgIpc) is 2.99. The van der Waals surface area contributed by atoms with Crippen molar-refractivity contribution >= 4 is 16.8 Å². The highest BCUT2D eigenvalue weighted by molar-refractivity contribution is 5.94. The number of nitrogens with one attached hydrogen (secondary N) is 1. The number of benzene rings is 2. The van der Waals surface area contributed by atoms with E-state index in [-0.39, 0.29) is 11.6 Å². The Labute approximate surface area is 149 Å². The molecule has 0 aliphatic carbocycles. The van der Waals surface area contributed by atoms with Crippen molar-refractivity contribution in [2.24, 2.45) is 0 Å². The first-order valence-electron chi connectivity index (χ1n) is 8.35. The van der Waals surface area contributed by atoms with Crippen LogP contribution in [0.2, 0.25) is 0 Å². The van der Waals surface area contributed by atoms with E-state index in [1.54, 1.807) is 0 Å². The lowest BCUT2D eigenvalue weighted by atomic mass is 9.88. The van der Waals surface area contributed by atoms with Crippen LogP contribution in [0.25, 0.3) is 10.9 Å². The fraction of sp³-hybridized carbons (Fsp3) is 0.190. The molecule has 4 rings (SSSR count). The Morgan fingerprint density at radius 1 is 1.19 bits per heavy atom. The third-order valence-corrected chi connectivity index (χ3v) is 5.00. The average molecular weight is 350 g/mol. The highest BCUT2D eigenvalue weighted by Crippen LogP contribution is 2.42. The lowest BCUT2D eigenvalue weighted by Crippen LogP contribution is -2.46. The van der Waals surface area contributed by atoms with Crippen LogP contribution >= 0.6 is 0 Å². The van der Waals surface area contributed by atoms with Gasteiger partial charge < -0.3 is 9.88 Å². The first-order chi connectivity index (χ1) is 12.5. The number of fused-ring (bicyclic) bond motifs is 3. The molecule has 1 aliphatic rings. The molecule has 130 valence electrons. The molecule has 2 heterocycles. The fourth-order valence-electron chi connectivity index (χ4n) is 3.91. The molecule has 0 spiro atoms. The Bertz CT molecular complexity index is 1040. The third kappa shape index (κ3) is 2.30. The van der Waals surface area contributed by atoms with Crippen LogP contribution in [0.1, 0.15) is 29.8 Å². The molecule has 2 aromatic carbocycles. The summed E-state index contributed by atoms with van der Waals surface area (Å²) in [6.07, 6.45) is 5.89. The molecular weight excluding hydrogens is 334 g/mol. The van der Waals surface area contributed by atoms with Crippen LogP contribution in [0.4, 0.5) is 8.78 Å². The van der Waals surface area contributed by atoms with Crippen molar-refractivity contribution in [2.75, 3.05) is 0 Å². The zero-order chi connectivity index (χ0) is 18.4. The summed E-state index contributed by atoms with van der Waals surface area (Å²) in [6.45, 7) is 1.84. The van der Waals surface area contributed by atoms with Gasteiger partial charge >= 0.3 is 0 Å². The number of halogens is 2. The number of para-hydroxylation sites is 1. The molecule has 1 N–H and O–H groups in total. The van der Waals surface area contributed by atoms with Crippen LogP contribution in [0.3, 0.4) is 0 Å². The molecule has 1 aliphatic heterocycles.